The molecule has 0 aliphatic carbocycles. The number of carboxylic acids is 1. The lowest BCUT2D eigenvalue weighted by Crippen LogP contribution is -1.97. The number of hydrogen-bond acceptors (Lipinski definition) is 3. The highest BCUT2D eigenvalue weighted by Gasteiger charge is 2.15. The fourth-order valence-corrected chi connectivity index (χ4v) is 1.88. The van der Waals surface area contributed by atoms with Crippen molar-refractivity contribution >= 4 is 21.9 Å². The molecule has 1 aromatic carbocycles. The van der Waals surface area contributed by atoms with Crippen LogP contribution in [-0.4, -0.2) is 21.3 Å². The van der Waals surface area contributed by atoms with Crippen molar-refractivity contribution in [2.75, 3.05) is 0 Å². The molecule has 88 valence electrons. The first-order valence-electron chi connectivity index (χ1n) is 4.54. The fourth-order valence-electron chi connectivity index (χ4n) is 1.29. The van der Waals surface area contributed by atoms with Gasteiger partial charge in [0.25, 0.3) is 0 Å². The molecule has 0 atom stereocenters. The number of phenols is 2. The zero-order valence-electron chi connectivity index (χ0n) is 8.20. The van der Waals surface area contributed by atoms with E-state index in [0.29, 0.717) is 16.5 Å². The molecule has 0 bridgehead atoms. The van der Waals surface area contributed by atoms with E-state index in [1.807, 2.05) is 0 Å². The van der Waals surface area contributed by atoms with Crippen LogP contribution >= 0.6 is 15.9 Å². The van der Waals surface area contributed by atoms with Crippen molar-refractivity contribution in [2.24, 2.45) is 0 Å². The first-order valence-corrected chi connectivity index (χ1v) is 5.33. The number of halogens is 2. The molecule has 0 fully saturated rings. The van der Waals surface area contributed by atoms with Crippen molar-refractivity contribution in [1.29, 1.82) is 0 Å². The third-order valence-electron chi connectivity index (χ3n) is 2.10. The predicted molar refractivity (Wildman–Crippen MR) is 58.0 cm³/mol. The first-order chi connectivity index (χ1) is 7.43. The van der Waals surface area contributed by atoms with E-state index in [0.717, 1.165) is 6.07 Å². The normalized spacial score (nSPS) is 10.4. The summed E-state index contributed by atoms with van der Waals surface area (Å²) >= 11 is 3.04. The van der Waals surface area contributed by atoms with Crippen LogP contribution < -0.4 is 0 Å². The van der Waals surface area contributed by atoms with Gasteiger partial charge in [0.05, 0.1) is 0 Å². The molecule has 0 aliphatic heterocycles. The number of rotatable bonds is 4. The number of aliphatic carboxylic acids is 1. The van der Waals surface area contributed by atoms with Gasteiger partial charge in [0.2, 0.25) is 0 Å². The molecule has 0 aromatic heterocycles. The second-order valence-electron chi connectivity index (χ2n) is 3.26. The first kappa shape index (κ1) is 12.8. The molecule has 0 saturated heterocycles. The van der Waals surface area contributed by atoms with Crippen LogP contribution in [0.1, 0.15) is 18.4 Å². The lowest BCUT2D eigenvalue weighted by molar-refractivity contribution is -0.137. The molecular weight excluding hydrogens is 283 g/mol. The van der Waals surface area contributed by atoms with Crippen molar-refractivity contribution in [3.8, 4) is 11.5 Å². The van der Waals surface area contributed by atoms with Crippen LogP contribution in [0.2, 0.25) is 0 Å². The van der Waals surface area contributed by atoms with Crippen LogP contribution in [0.4, 0.5) is 4.39 Å². The Morgan fingerprint density at radius 1 is 1.38 bits per heavy atom. The van der Waals surface area contributed by atoms with E-state index < -0.39 is 23.3 Å². The summed E-state index contributed by atoms with van der Waals surface area (Å²) in [6, 6.07) is 1.03. The van der Waals surface area contributed by atoms with Gasteiger partial charge in [-0.15, -0.1) is 0 Å². The number of carboxylic acid groups (broad SMARTS) is 1. The highest BCUT2D eigenvalue weighted by molar-refractivity contribution is 9.10. The third-order valence-corrected chi connectivity index (χ3v) is 2.80. The molecule has 16 heavy (non-hydrogen) atoms. The minimum atomic E-state index is -0.943. The van der Waals surface area contributed by atoms with Crippen molar-refractivity contribution in [1.82, 2.24) is 0 Å². The Kier molecular flexibility index (Phi) is 4.12. The molecule has 4 nitrogen and oxygen atoms in total. The SMILES string of the molecule is O=C(O)CCCc1c(Br)cc(F)c(O)c1O. The van der Waals surface area contributed by atoms with Gasteiger partial charge in [-0.3, -0.25) is 4.79 Å². The number of benzene rings is 1. The number of phenolic OH excluding ortho intramolecular Hbond substituents is 2. The third kappa shape index (κ3) is 2.85. The molecule has 6 heteroatoms. The van der Waals surface area contributed by atoms with Gasteiger partial charge in [-0.2, -0.15) is 0 Å². The fraction of sp³-hybridized carbons (Fsp3) is 0.300. The molecule has 0 heterocycles. The second kappa shape index (κ2) is 5.16. The topological polar surface area (TPSA) is 77.8 Å². The highest BCUT2D eigenvalue weighted by atomic mass is 79.9. The molecule has 0 saturated carbocycles. The monoisotopic (exact) mass is 292 g/mol. The lowest BCUT2D eigenvalue weighted by atomic mass is 10.1. The van der Waals surface area contributed by atoms with E-state index in [1.165, 1.54) is 0 Å². The Bertz CT molecular complexity index is 420. The summed E-state index contributed by atoms with van der Waals surface area (Å²) in [5.74, 6) is -3.22. The van der Waals surface area contributed by atoms with Gasteiger partial charge >= 0.3 is 5.97 Å². The molecule has 3 N–H and O–H groups in total. The summed E-state index contributed by atoms with van der Waals surface area (Å²) in [5.41, 5.74) is 0.306. The average molecular weight is 293 g/mol. The van der Waals surface area contributed by atoms with Gasteiger partial charge in [0.15, 0.2) is 17.3 Å². The van der Waals surface area contributed by atoms with Crippen molar-refractivity contribution < 1.29 is 24.5 Å². The summed E-state index contributed by atoms with van der Waals surface area (Å²) in [7, 11) is 0. The Morgan fingerprint density at radius 2 is 2.00 bits per heavy atom. The van der Waals surface area contributed by atoms with Crippen LogP contribution in [-0.2, 0) is 11.2 Å². The summed E-state index contributed by atoms with van der Waals surface area (Å²) in [6.45, 7) is 0. The van der Waals surface area contributed by atoms with Crippen LogP contribution in [0.5, 0.6) is 11.5 Å². The molecule has 0 unspecified atom stereocenters. The van der Waals surface area contributed by atoms with Crippen molar-refractivity contribution in [3.05, 3.63) is 21.9 Å². The zero-order valence-corrected chi connectivity index (χ0v) is 9.79. The van der Waals surface area contributed by atoms with Crippen LogP contribution in [0, 0.1) is 5.82 Å². The maximum Gasteiger partial charge on any atom is 0.303 e. The summed E-state index contributed by atoms with van der Waals surface area (Å²) < 4.78 is 13.2. The van der Waals surface area contributed by atoms with Gasteiger partial charge in [-0.05, 0) is 18.9 Å². The van der Waals surface area contributed by atoms with Crippen LogP contribution in [0.25, 0.3) is 0 Å². The Labute approximate surface area is 99.5 Å². The number of hydrogen-bond donors (Lipinski definition) is 3. The van der Waals surface area contributed by atoms with E-state index >= 15 is 0 Å². The van der Waals surface area contributed by atoms with Crippen LogP contribution in [0.15, 0.2) is 10.5 Å². The number of carbonyl (C=O) groups is 1. The van der Waals surface area contributed by atoms with Gasteiger partial charge in [-0.25, -0.2) is 4.39 Å². The Morgan fingerprint density at radius 3 is 2.56 bits per heavy atom. The minimum absolute atomic E-state index is 0.0516. The molecule has 0 amide bonds. The largest absolute Gasteiger partial charge is 0.504 e. The summed E-state index contributed by atoms with van der Waals surface area (Å²) in [5, 5.41) is 27.1. The smallest absolute Gasteiger partial charge is 0.303 e. The molecule has 0 radical (unpaired) electrons. The predicted octanol–water partition coefficient (Wildman–Crippen LogP) is 2.41. The molecule has 1 aromatic rings. The van der Waals surface area contributed by atoms with E-state index in [4.69, 9.17) is 10.2 Å². The van der Waals surface area contributed by atoms with Crippen molar-refractivity contribution in [2.45, 2.75) is 19.3 Å². The average Bonchev–Trinajstić information content (AvgIpc) is 2.19. The van der Waals surface area contributed by atoms with Gasteiger partial charge in [0, 0.05) is 16.5 Å². The van der Waals surface area contributed by atoms with Gasteiger partial charge < -0.3 is 15.3 Å². The molecule has 1 rings (SSSR count). The van der Waals surface area contributed by atoms with Crippen molar-refractivity contribution in [3.63, 3.8) is 0 Å². The van der Waals surface area contributed by atoms with E-state index in [9.17, 15) is 14.3 Å². The molecule has 0 spiro atoms. The quantitative estimate of drug-likeness (QED) is 0.745. The standard InChI is InChI=1S/C10H10BrFO4/c11-6-4-7(12)10(16)9(15)5(6)2-1-3-8(13)14/h4,15-16H,1-3H2,(H,13,14). The van der Waals surface area contributed by atoms with Crippen LogP contribution in [0.3, 0.4) is 0 Å². The highest BCUT2D eigenvalue weighted by Crippen LogP contribution is 2.37. The van der Waals surface area contributed by atoms with Gasteiger partial charge in [0.1, 0.15) is 0 Å². The minimum Gasteiger partial charge on any atom is -0.504 e. The summed E-state index contributed by atoms with van der Waals surface area (Å²) in [4.78, 5) is 10.3. The zero-order chi connectivity index (χ0) is 12.3. The number of aromatic hydroxyl groups is 2. The molecule has 0 aliphatic rings. The van der Waals surface area contributed by atoms with E-state index in [2.05, 4.69) is 15.9 Å². The molecular formula is C10H10BrFO4. The maximum absolute atomic E-state index is 12.9. The maximum atomic E-state index is 12.9. The van der Waals surface area contributed by atoms with Gasteiger partial charge in [-0.1, -0.05) is 15.9 Å². The van der Waals surface area contributed by atoms with E-state index in [1.54, 1.807) is 0 Å². The lowest BCUT2D eigenvalue weighted by Gasteiger charge is -2.08. The second-order valence-corrected chi connectivity index (χ2v) is 4.12. The Hall–Kier alpha value is -1.30. The summed E-state index contributed by atoms with van der Waals surface area (Å²) in [6.07, 6.45) is 0.489. The van der Waals surface area contributed by atoms with E-state index in [-0.39, 0.29) is 12.8 Å². The Balaban J connectivity index is 2.87.